The average molecular weight is 254 g/mol. The molecule has 0 bridgehead atoms. The standard InChI is InChI=1S/C11H14BrSi/c1-4-6-9-7-5-8-10(11(9)12)13(2)3/h4-5,7-8H,1,6H2,2-3H3. The Morgan fingerprint density at radius 2 is 2.15 bits per heavy atom. The molecule has 0 aromatic heterocycles. The van der Waals surface area contributed by atoms with E-state index in [0.29, 0.717) is 0 Å². The van der Waals surface area contributed by atoms with Crippen molar-refractivity contribution in [1.82, 2.24) is 0 Å². The van der Waals surface area contributed by atoms with Gasteiger partial charge in [-0.3, -0.25) is 0 Å². The topological polar surface area (TPSA) is 0 Å². The zero-order valence-corrected chi connectivity index (χ0v) is 10.7. The maximum atomic E-state index is 3.76. The number of allylic oxidation sites excluding steroid dienone is 1. The van der Waals surface area contributed by atoms with E-state index in [9.17, 15) is 0 Å². The van der Waals surface area contributed by atoms with E-state index in [4.69, 9.17) is 0 Å². The summed E-state index contributed by atoms with van der Waals surface area (Å²) in [5, 5.41) is 1.48. The van der Waals surface area contributed by atoms with Crippen molar-refractivity contribution in [3.05, 3.63) is 40.9 Å². The summed E-state index contributed by atoms with van der Waals surface area (Å²) < 4.78 is 1.29. The Kier molecular flexibility index (Phi) is 3.94. The summed E-state index contributed by atoms with van der Waals surface area (Å²) in [7, 11) is -0.363. The molecule has 0 heterocycles. The van der Waals surface area contributed by atoms with Crippen LogP contribution in [0.5, 0.6) is 0 Å². The highest BCUT2D eigenvalue weighted by Crippen LogP contribution is 2.15. The third-order valence-electron chi connectivity index (χ3n) is 1.98. The van der Waals surface area contributed by atoms with Gasteiger partial charge in [-0.15, -0.1) is 6.58 Å². The molecule has 2 heteroatoms. The van der Waals surface area contributed by atoms with Gasteiger partial charge >= 0.3 is 0 Å². The van der Waals surface area contributed by atoms with Crippen molar-refractivity contribution in [1.29, 1.82) is 0 Å². The van der Waals surface area contributed by atoms with Crippen LogP contribution in [-0.4, -0.2) is 8.80 Å². The van der Waals surface area contributed by atoms with Gasteiger partial charge in [0.25, 0.3) is 0 Å². The first-order valence-electron chi connectivity index (χ1n) is 4.35. The maximum Gasteiger partial charge on any atom is 0.0806 e. The van der Waals surface area contributed by atoms with Crippen molar-refractivity contribution in [2.24, 2.45) is 0 Å². The summed E-state index contributed by atoms with van der Waals surface area (Å²) in [5.41, 5.74) is 1.35. The van der Waals surface area contributed by atoms with E-state index in [1.165, 1.54) is 15.2 Å². The fourth-order valence-corrected chi connectivity index (χ4v) is 3.92. The van der Waals surface area contributed by atoms with Crippen LogP contribution in [0, 0.1) is 0 Å². The number of rotatable bonds is 3. The third-order valence-corrected chi connectivity index (χ3v) is 4.78. The van der Waals surface area contributed by atoms with Crippen LogP contribution in [0.3, 0.4) is 0 Å². The summed E-state index contributed by atoms with van der Waals surface area (Å²) in [6.07, 6.45) is 2.89. The zero-order chi connectivity index (χ0) is 9.84. The molecule has 13 heavy (non-hydrogen) atoms. The average Bonchev–Trinajstić information content (AvgIpc) is 2.08. The molecule has 0 saturated heterocycles. The first kappa shape index (κ1) is 10.7. The minimum absolute atomic E-state index is 0.363. The Morgan fingerprint density at radius 1 is 1.46 bits per heavy atom. The van der Waals surface area contributed by atoms with Crippen LogP contribution < -0.4 is 5.19 Å². The van der Waals surface area contributed by atoms with Gasteiger partial charge < -0.3 is 0 Å². The van der Waals surface area contributed by atoms with E-state index < -0.39 is 0 Å². The summed E-state index contributed by atoms with van der Waals surface area (Å²) in [6.45, 7) is 8.38. The Bertz CT molecular complexity index is 305. The zero-order valence-electron chi connectivity index (χ0n) is 8.10. The van der Waals surface area contributed by atoms with Crippen LogP contribution in [0.25, 0.3) is 0 Å². The predicted molar refractivity (Wildman–Crippen MR) is 65.2 cm³/mol. The molecule has 0 aliphatic rings. The van der Waals surface area contributed by atoms with E-state index in [1.54, 1.807) is 0 Å². The smallest absolute Gasteiger partial charge is 0.0806 e. The van der Waals surface area contributed by atoms with Gasteiger partial charge in [-0.1, -0.05) is 53.3 Å². The second kappa shape index (κ2) is 4.77. The lowest BCUT2D eigenvalue weighted by molar-refractivity contribution is 1.26. The Balaban J connectivity index is 3.10. The van der Waals surface area contributed by atoms with E-state index in [1.807, 2.05) is 6.08 Å². The first-order valence-corrected chi connectivity index (χ1v) is 7.65. The van der Waals surface area contributed by atoms with Gasteiger partial charge in [0.05, 0.1) is 8.80 Å². The van der Waals surface area contributed by atoms with Crippen LogP contribution >= 0.6 is 15.9 Å². The van der Waals surface area contributed by atoms with E-state index >= 15 is 0 Å². The molecule has 1 rings (SSSR count). The van der Waals surface area contributed by atoms with Gasteiger partial charge in [-0.25, -0.2) is 0 Å². The van der Waals surface area contributed by atoms with Crippen molar-refractivity contribution in [3.63, 3.8) is 0 Å². The SMILES string of the molecule is C=CCc1cccc([Si](C)C)c1Br. The van der Waals surface area contributed by atoms with Gasteiger partial charge in [0.2, 0.25) is 0 Å². The molecule has 0 nitrogen and oxygen atoms in total. The number of halogens is 1. The van der Waals surface area contributed by atoms with Crippen LogP contribution in [0.4, 0.5) is 0 Å². The van der Waals surface area contributed by atoms with E-state index in [0.717, 1.165) is 6.42 Å². The lowest BCUT2D eigenvalue weighted by Gasteiger charge is -2.10. The second-order valence-corrected chi connectivity index (χ2v) is 6.60. The molecule has 1 aromatic rings. The van der Waals surface area contributed by atoms with Gasteiger partial charge in [0, 0.05) is 4.47 Å². The number of hydrogen-bond donors (Lipinski definition) is 0. The fraction of sp³-hybridized carbons (Fsp3) is 0.273. The fourth-order valence-electron chi connectivity index (χ4n) is 1.28. The summed E-state index contributed by atoms with van der Waals surface area (Å²) in [6, 6.07) is 6.50. The molecule has 0 fully saturated rings. The number of benzene rings is 1. The Morgan fingerprint density at radius 3 is 2.69 bits per heavy atom. The van der Waals surface area contributed by atoms with Crippen molar-refractivity contribution >= 4 is 29.9 Å². The second-order valence-electron chi connectivity index (χ2n) is 3.27. The van der Waals surface area contributed by atoms with Gasteiger partial charge in [-0.2, -0.15) is 0 Å². The maximum absolute atomic E-state index is 3.76. The van der Waals surface area contributed by atoms with Crippen LogP contribution in [0.1, 0.15) is 5.56 Å². The molecule has 0 aliphatic carbocycles. The minimum atomic E-state index is -0.363. The molecule has 69 valence electrons. The molecular formula is C11H14BrSi. The minimum Gasteiger partial charge on any atom is -0.103 e. The Labute approximate surface area is 90.4 Å². The molecule has 0 N–H and O–H groups in total. The van der Waals surface area contributed by atoms with Crippen LogP contribution in [-0.2, 0) is 6.42 Å². The molecule has 0 spiro atoms. The normalized spacial score (nSPS) is 10.5. The summed E-state index contributed by atoms with van der Waals surface area (Å²) in [4.78, 5) is 0. The van der Waals surface area contributed by atoms with Crippen molar-refractivity contribution in [2.75, 3.05) is 0 Å². The molecule has 0 aliphatic heterocycles. The summed E-state index contributed by atoms with van der Waals surface area (Å²) >= 11 is 3.66. The third kappa shape index (κ3) is 2.55. The highest BCUT2D eigenvalue weighted by Gasteiger charge is 2.08. The molecule has 0 atom stereocenters. The molecule has 0 amide bonds. The molecule has 0 saturated carbocycles. The lowest BCUT2D eigenvalue weighted by atomic mass is 10.1. The van der Waals surface area contributed by atoms with Crippen molar-refractivity contribution < 1.29 is 0 Å². The van der Waals surface area contributed by atoms with Crippen molar-refractivity contribution in [3.8, 4) is 0 Å². The van der Waals surface area contributed by atoms with Crippen molar-refractivity contribution in [2.45, 2.75) is 19.5 Å². The molecule has 1 radical (unpaired) electrons. The summed E-state index contributed by atoms with van der Waals surface area (Å²) in [5.74, 6) is 0. The Hall–Kier alpha value is -0.343. The quantitative estimate of drug-likeness (QED) is 0.574. The van der Waals surface area contributed by atoms with E-state index in [-0.39, 0.29) is 8.80 Å². The van der Waals surface area contributed by atoms with Crippen LogP contribution in [0.2, 0.25) is 13.1 Å². The largest absolute Gasteiger partial charge is 0.103 e. The lowest BCUT2D eigenvalue weighted by Crippen LogP contribution is -2.24. The number of hydrogen-bond acceptors (Lipinski definition) is 0. The predicted octanol–water partition coefficient (Wildman–Crippen LogP) is 3.14. The highest BCUT2D eigenvalue weighted by atomic mass is 79.9. The van der Waals surface area contributed by atoms with Crippen LogP contribution in [0.15, 0.2) is 35.3 Å². The molecule has 0 unspecified atom stereocenters. The monoisotopic (exact) mass is 253 g/mol. The van der Waals surface area contributed by atoms with Gasteiger partial charge in [0.1, 0.15) is 0 Å². The molecular weight excluding hydrogens is 240 g/mol. The van der Waals surface area contributed by atoms with E-state index in [2.05, 4.69) is 53.8 Å². The van der Waals surface area contributed by atoms with Gasteiger partial charge in [-0.05, 0) is 17.2 Å². The van der Waals surface area contributed by atoms with Gasteiger partial charge in [0.15, 0.2) is 0 Å². The molecule has 1 aromatic carbocycles. The highest BCUT2D eigenvalue weighted by molar-refractivity contribution is 9.10. The first-order chi connectivity index (χ1) is 6.16.